The van der Waals surface area contributed by atoms with Crippen molar-refractivity contribution in [1.29, 1.82) is 0 Å². The molecule has 3 nitrogen and oxygen atoms in total. The molecular weight excluding hydrogens is 238 g/mol. The minimum atomic E-state index is -0.155. The van der Waals surface area contributed by atoms with Gasteiger partial charge < -0.3 is 10.4 Å². The van der Waals surface area contributed by atoms with Gasteiger partial charge in [0.1, 0.15) is 5.75 Å². The quantitative estimate of drug-likeness (QED) is 0.863. The van der Waals surface area contributed by atoms with Crippen molar-refractivity contribution in [3.63, 3.8) is 0 Å². The number of carbonyl (C=O) groups excluding carboxylic acids is 1. The Bertz CT molecular complexity index is 617. The second-order valence-electron chi connectivity index (χ2n) is 4.84. The van der Waals surface area contributed by atoms with Crippen LogP contribution in [0.4, 0.5) is 5.69 Å². The monoisotopic (exact) mass is 253 g/mol. The lowest BCUT2D eigenvalue weighted by molar-refractivity contribution is 0.102. The summed E-state index contributed by atoms with van der Waals surface area (Å²) in [5, 5.41) is 12.1. The average Bonchev–Trinajstić information content (AvgIpc) is 2.87. The van der Waals surface area contributed by atoms with Crippen LogP contribution in [0.2, 0.25) is 0 Å². The molecule has 1 amide bonds. The Balaban J connectivity index is 1.77. The van der Waals surface area contributed by atoms with Gasteiger partial charge in [0.25, 0.3) is 5.91 Å². The number of anilines is 1. The van der Waals surface area contributed by atoms with Gasteiger partial charge in [-0.05, 0) is 66.8 Å². The fourth-order valence-corrected chi connectivity index (χ4v) is 2.47. The molecule has 0 fully saturated rings. The normalized spacial score (nSPS) is 13.1. The molecule has 2 N–H and O–H groups in total. The standard InChI is InChI=1S/C16H15NO2/c18-15-8-5-12(6-9-15)16(19)17-14-7-4-11-2-1-3-13(11)10-14/h4-10,18H,1-3H2,(H,17,19). The van der Waals surface area contributed by atoms with Crippen molar-refractivity contribution >= 4 is 11.6 Å². The molecule has 0 radical (unpaired) electrons. The van der Waals surface area contributed by atoms with E-state index in [-0.39, 0.29) is 11.7 Å². The first-order valence-corrected chi connectivity index (χ1v) is 6.44. The minimum absolute atomic E-state index is 0.155. The van der Waals surface area contributed by atoms with Crippen LogP contribution in [0.5, 0.6) is 5.75 Å². The van der Waals surface area contributed by atoms with Crippen LogP contribution in [0.1, 0.15) is 27.9 Å². The molecule has 0 spiro atoms. The first-order chi connectivity index (χ1) is 9.22. The average molecular weight is 253 g/mol. The van der Waals surface area contributed by atoms with E-state index >= 15 is 0 Å². The maximum Gasteiger partial charge on any atom is 0.255 e. The number of nitrogens with one attached hydrogen (secondary N) is 1. The van der Waals surface area contributed by atoms with Gasteiger partial charge in [-0.2, -0.15) is 0 Å². The maximum absolute atomic E-state index is 12.0. The molecule has 2 aromatic rings. The van der Waals surface area contributed by atoms with Gasteiger partial charge in [-0.1, -0.05) is 6.07 Å². The topological polar surface area (TPSA) is 49.3 Å². The van der Waals surface area contributed by atoms with E-state index in [1.807, 2.05) is 6.07 Å². The summed E-state index contributed by atoms with van der Waals surface area (Å²) in [6.45, 7) is 0. The molecule has 1 aliphatic rings. The molecule has 0 atom stereocenters. The number of rotatable bonds is 2. The third-order valence-corrected chi connectivity index (χ3v) is 3.49. The SMILES string of the molecule is O=C(Nc1ccc2c(c1)CCC2)c1ccc(O)cc1. The molecule has 0 bridgehead atoms. The Labute approximate surface area is 111 Å². The zero-order valence-corrected chi connectivity index (χ0v) is 10.5. The summed E-state index contributed by atoms with van der Waals surface area (Å²) in [5.74, 6) is 0.00651. The summed E-state index contributed by atoms with van der Waals surface area (Å²) in [5.41, 5.74) is 4.10. The lowest BCUT2D eigenvalue weighted by atomic mass is 10.1. The van der Waals surface area contributed by atoms with Gasteiger partial charge in [0.15, 0.2) is 0 Å². The van der Waals surface area contributed by atoms with E-state index in [9.17, 15) is 9.90 Å². The number of hydrogen-bond donors (Lipinski definition) is 2. The lowest BCUT2D eigenvalue weighted by Crippen LogP contribution is -2.11. The number of amides is 1. The van der Waals surface area contributed by atoms with Crippen molar-refractivity contribution in [2.75, 3.05) is 5.32 Å². The number of fused-ring (bicyclic) bond motifs is 1. The van der Waals surface area contributed by atoms with Gasteiger partial charge >= 0.3 is 0 Å². The fraction of sp³-hybridized carbons (Fsp3) is 0.188. The molecule has 3 rings (SSSR count). The van der Waals surface area contributed by atoms with Crippen LogP contribution in [0.25, 0.3) is 0 Å². The summed E-state index contributed by atoms with van der Waals surface area (Å²) < 4.78 is 0. The van der Waals surface area contributed by atoms with Crippen LogP contribution in [0, 0.1) is 0 Å². The van der Waals surface area contributed by atoms with Crippen LogP contribution in [-0.4, -0.2) is 11.0 Å². The van der Waals surface area contributed by atoms with Crippen molar-refractivity contribution < 1.29 is 9.90 Å². The molecule has 19 heavy (non-hydrogen) atoms. The molecule has 1 aliphatic carbocycles. The molecule has 0 aliphatic heterocycles. The summed E-state index contributed by atoms with van der Waals surface area (Å²) in [4.78, 5) is 12.0. The van der Waals surface area contributed by atoms with E-state index in [1.165, 1.54) is 29.7 Å². The molecule has 3 heteroatoms. The molecule has 0 unspecified atom stereocenters. The van der Waals surface area contributed by atoms with E-state index < -0.39 is 0 Å². The van der Waals surface area contributed by atoms with Crippen molar-refractivity contribution in [1.82, 2.24) is 0 Å². The zero-order chi connectivity index (χ0) is 13.2. The first kappa shape index (κ1) is 11.8. The largest absolute Gasteiger partial charge is 0.508 e. The maximum atomic E-state index is 12.0. The van der Waals surface area contributed by atoms with Crippen LogP contribution >= 0.6 is 0 Å². The highest BCUT2D eigenvalue weighted by molar-refractivity contribution is 6.04. The molecule has 2 aromatic carbocycles. The van der Waals surface area contributed by atoms with Gasteiger partial charge in [0.05, 0.1) is 0 Å². The number of hydrogen-bond acceptors (Lipinski definition) is 2. The van der Waals surface area contributed by atoms with Crippen LogP contribution < -0.4 is 5.32 Å². The highest BCUT2D eigenvalue weighted by atomic mass is 16.3. The van der Waals surface area contributed by atoms with Crippen molar-refractivity contribution in [3.8, 4) is 5.75 Å². The molecular formula is C16H15NO2. The number of aryl methyl sites for hydroxylation is 2. The van der Waals surface area contributed by atoms with E-state index in [0.717, 1.165) is 18.5 Å². The minimum Gasteiger partial charge on any atom is -0.508 e. The molecule has 0 saturated heterocycles. The van der Waals surface area contributed by atoms with Gasteiger partial charge in [0, 0.05) is 11.3 Å². The lowest BCUT2D eigenvalue weighted by Gasteiger charge is -2.07. The van der Waals surface area contributed by atoms with E-state index in [4.69, 9.17) is 0 Å². The summed E-state index contributed by atoms with van der Waals surface area (Å²) >= 11 is 0. The second kappa shape index (κ2) is 4.76. The van der Waals surface area contributed by atoms with Crippen molar-refractivity contribution in [2.45, 2.75) is 19.3 Å². The number of aromatic hydroxyl groups is 1. The third kappa shape index (κ3) is 2.45. The fourth-order valence-electron chi connectivity index (χ4n) is 2.47. The Morgan fingerprint density at radius 2 is 1.74 bits per heavy atom. The molecule has 0 saturated carbocycles. The van der Waals surface area contributed by atoms with Crippen LogP contribution in [-0.2, 0) is 12.8 Å². The summed E-state index contributed by atoms with van der Waals surface area (Å²) in [6.07, 6.45) is 3.43. The van der Waals surface area contributed by atoms with Gasteiger partial charge in [-0.3, -0.25) is 4.79 Å². The highest BCUT2D eigenvalue weighted by Crippen LogP contribution is 2.25. The Morgan fingerprint density at radius 3 is 2.53 bits per heavy atom. The second-order valence-corrected chi connectivity index (χ2v) is 4.84. The Morgan fingerprint density at radius 1 is 1.00 bits per heavy atom. The van der Waals surface area contributed by atoms with E-state index in [2.05, 4.69) is 17.4 Å². The number of phenols is 1. The predicted molar refractivity (Wildman–Crippen MR) is 74.5 cm³/mol. The Kier molecular flexibility index (Phi) is 2.95. The number of benzene rings is 2. The molecule has 0 heterocycles. The summed E-state index contributed by atoms with van der Waals surface area (Å²) in [6, 6.07) is 12.3. The van der Waals surface area contributed by atoms with Crippen molar-refractivity contribution in [2.24, 2.45) is 0 Å². The number of phenolic OH excluding ortho intramolecular Hbond substituents is 1. The van der Waals surface area contributed by atoms with Crippen LogP contribution in [0.15, 0.2) is 42.5 Å². The summed E-state index contributed by atoms with van der Waals surface area (Å²) in [7, 11) is 0. The first-order valence-electron chi connectivity index (χ1n) is 6.44. The van der Waals surface area contributed by atoms with Gasteiger partial charge in [-0.15, -0.1) is 0 Å². The molecule has 0 aromatic heterocycles. The van der Waals surface area contributed by atoms with E-state index in [1.54, 1.807) is 12.1 Å². The highest BCUT2D eigenvalue weighted by Gasteiger charge is 2.12. The van der Waals surface area contributed by atoms with Gasteiger partial charge in [0.2, 0.25) is 0 Å². The van der Waals surface area contributed by atoms with Crippen LogP contribution in [0.3, 0.4) is 0 Å². The Hall–Kier alpha value is -2.29. The van der Waals surface area contributed by atoms with Crippen molar-refractivity contribution in [3.05, 3.63) is 59.2 Å². The number of carbonyl (C=O) groups is 1. The third-order valence-electron chi connectivity index (χ3n) is 3.49. The predicted octanol–water partition coefficient (Wildman–Crippen LogP) is 3.13. The van der Waals surface area contributed by atoms with E-state index in [0.29, 0.717) is 5.56 Å². The molecule has 96 valence electrons. The zero-order valence-electron chi connectivity index (χ0n) is 10.5. The smallest absolute Gasteiger partial charge is 0.255 e. The van der Waals surface area contributed by atoms with Gasteiger partial charge in [-0.25, -0.2) is 0 Å².